The van der Waals surface area contributed by atoms with Gasteiger partial charge in [-0.25, -0.2) is 0 Å². The van der Waals surface area contributed by atoms with E-state index in [1.165, 1.54) is 38.5 Å². The molecular weight excluding hydrogens is 210 g/mol. The Kier molecular flexibility index (Phi) is 2.81. The summed E-state index contributed by atoms with van der Waals surface area (Å²) in [5.41, 5.74) is 0.125. The van der Waals surface area contributed by atoms with Gasteiger partial charge in [-0.1, -0.05) is 0 Å². The normalized spacial score (nSPS) is 43.4. The van der Waals surface area contributed by atoms with Crippen molar-refractivity contribution in [3.05, 3.63) is 0 Å². The van der Waals surface area contributed by atoms with Crippen molar-refractivity contribution in [3.63, 3.8) is 0 Å². The monoisotopic (exact) mass is 236 g/mol. The Bertz CT molecular complexity index is 286. The van der Waals surface area contributed by atoms with Gasteiger partial charge in [0.2, 0.25) is 0 Å². The smallest absolute Gasteiger partial charge is 0.192 e. The fourth-order valence-corrected chi connectivity index (χ4v) is 5.01. The van der Waals surface area contributed by atoms with Gasteiger partial charge in [-0.3, -0.25) is 4.79 Å². The number of carbonyl (C=O) groups is 1. The zero-order valence-corrected chi connectivity index (χ0v) is 11.2. The van der Waals surface area contributed by atoms with E-state index in [2.05, 4.69) is 19.2 Å². The zero-order chi connectivity index (χ0) is 12.0. The lowest BCUT2D eigenvalue weighted by atomic mass is 9.48. The molecule has 0 heterocycles. The van der Waals surface area contributed by atoms with Crippen LogP contribution in [0.25, 0.3) is 0 Å². The molecule has 0 aromatic rings. The summed E-state index contributed by atoms with van der Waals surface area (Å²) < 4.78 is 0. The zero-order valence-electron chi connectivity index (χ0n) is 11.2. The Labute approximate surface area is 105 Å². The SMILES string of the molecule is CC(C)[NH2+]CC(=O)C12CC3CC(CC(C3)C1)C2. The Balaban J connectivity index is 1.71. The molecule has 0 radical (unpaired) electrons. The number of Topliss-reactive ketones (excluding diaryl/α,β-unsaturated/α-hetero) is 1. The van der Waals surface area contributed by atoms with Crippen LogP contribution < -0.4 is 5.32 Å². The second-order valence-electron chi connectivity index (χ2n) is 7.30. The summed E-state index contributed by atoms with van der Waals surface area (Å²) in [6.45, 7) is 5.07. The third-order valence-electron chi connectivity index (χ3n) is 5.40. The molecule has 4 saturated carbocycles. The molecule has 2 N–H and O–H groups in total. The molecule has 17 heavy (non-hydrogen) atoms. The predicted molar refractivity (Wildman–Crippen MR) is 67.5 cm³/mol. The van der Waals surface area contributed by atoms with E-state index in [4.69, 9.17) is 0 Å². The van der Waals surface area contributed by atoms with Crippen molar-refractivity contribution in [2.75, 3.05) is 6.54 Å². The second kappa shape index (κ2) is 4.08. The molecule has 4 aliphatic rings. The topological polar surface area (TPSA) is 33.7 Å². The van der Waals surface area contributed by atoms with Gasteiger partial charge in [-0.05, 0) is 70.1 Å². The molecule has 4 fully saturated rings. The third-order valence-corrected chi connectivity index (χ3v) is 5.40. The number of nitrogens with two attached hydrogens (primary N) is 1. The van der Waals surface area contributed by atoms with Crippen molar-refractivity contribution < 1.29 is 10.1 Å². The van der Waals surface area contributed by atoms with Crippen LogP contribution in [-0.2, 0) is 4.79 Å². The number of ketones is 1. The number of carbonyl (C=O) groups excluding carboxylic acids is 1. The Morgan fingerprint density at radius 3 is 2.00 bits per heavy atom. The molecule has 0 aromatic carbocycles. The first-order valence-electron chi connectivity index (χ1n) is 7.44. The van der Waals surface area contributed by atoms with Crippen molar-refractivity contribution in [1.82, 2.24) is 0 Å². The lowest BCUT2D eigenvalue weighted by Gasteiger charge is -2.55. The molecule has 4 bridgehead atoms. The summed E-state index contributed by atoms with van der Waals surface area (Å²) in [6.07, 6.45) is 7.97. The van der Waals surface area contributed by atoms with E-state index in [0.29, 0.717) is 11.8 Å². The summed E-state index contributed by atoms with van der Waals surface area (Å²) in [5, 5.41) is 2.21. The summed E-state index contributed by atoms with van der Waals surface area (Å²) in [4.78, 5) is 12.6. The number of rotatable bonds is 4. The molecule has 0 spiro atoms. The third kappa shape index (κ3) is 2.05. The molecule has 0 atom stereocenters. The van der Waals surface area contributed by atoms with Gasteiger partial charge in [0.25, 0.3) is 0 Å². The van der Waals surface area contributed by atoms with Crippen molar-refractivity contribution in [2.45, 2.75) is 58.4 Å². The standard InChI is InChI=1S/C15H25NO/c1-10(2)16-9-14(17)15-6-11-3-12(7-15)5-13(4-11)8-15/h10-13,16H,3-9H2,1-2H3/p+1. The predicted octanol–water partition coefficient (Wildman–Crippen LogP) is 1.74. The summed E-state index contributed by atoms with van der Waals surface area (Å²) in [6, 6.07) is 0.549. The van der Waals surface area contributed by atoms with Gasteiger partial charge in [0, 0.05) is 5.41 Å². The lowest BCUT2D eigenvalue weighted by Crippen LogP contribution is -2.90. The molecular formula is C15H26NO+. The van der Waals surface area contributed by atoms with Crippen LogP contribution in [-0.4, -0.2) is 18.4 Å². The highest BCUT2D eigenvalue weighted by Gasteiger charge is 2.54. The van der Waals surface area contributed by atoms with Gasteiger partial charge in [0.05, 0.1) is 6.04 Å². The van der Waals surface area contributed by atoms with Gasteiger partial charge in [0.1, 0.15) is 6.54 Å². The van der Waals surface area contributed by atoms with E-state index in [-0.39, 0.29) is 5.41 Å². The maximum Gasteiger partial charge on any atom is 0.192 e. The first-order valence-corrected chi connectivity index (χ1v) is 7.44. The highest BCUT2D eigenvalue weighted by molar-refractivity contribution is 5.86. The van der Waals surface area contributed by atoms with Gasteiger partial charge in [0.15, 0.2) is 5.78 Å². The minimum atomic E-state index is 0.125. The van der Waals surface area contributed by atoms with Gasteiger partial charge >= 0.3 is 0 Å². The maximum absolute atomic E-state index is 12.6. The minimum Gasteiger partial charge on any atom is -0.338 e. The van der Waals surface area contributed by atoms with Crippen LogP contribution in [0.1, 0.15) is 52.4 Å². The van der Waals surface area contributed by atoms with Crippen LogP contribution in [0.4, 0.5) is 0 Å². The largest absolute Gasteiger partial charge is 0.338 e. The van der Waals surface area contributed by atoms with Crippen molar-refractivity contribution in [3.8, 4) is 0 Å². The van der Waals surface area contributed by atoms with E-state index in [0.717, 1.165) is 24.3 Å². The first kappa shape index (κ1) is 11.7. The molecule has 0 saturated heterocycles. The van der Waals surface area contributed by atoms with E-state index in [9.17, 15) is 4.79 Å². The van der Waals surface area contributed by atoms with E-state index in [1.54, 1.807) is 0 Å². The lowest BCUT2D eigenvalue weighted by molar-refractivity contribution is -0.672. The molecule has 0 amide bonds. The van der Waals surface area contributed by atoms with Gasteiger partial charge < -0.3 is 5.32 Å². The van der Waals surface area contributed by atoms with Crippen LogP contribution in [0.2, 0.25) is 0 Å². The van der Waals surface area contributed by atoms with Gasteiger partial charge in [-0.15, -0.1) is 0 Å². The summed E-state index contributed by atoms with van der Waals surface area (Å²) in [5.74, 6) is 3.25. The van der Waals surface area contributed by atoms with Crippen molar-refractivity contribution >= 4 is 5.78 Å². The first-order chi connectivity index (χ1) is 8.07. The van der Waals surface area contributed by atoms with Crippen molar-refractivity contribution in [2.24, 2.45) is 23.2 Å². The van der Waals surface area contributed by atoms with Crippen LogP contribution >= 0.6 is 0 Å². The average molecular weight is 236 g/mol. The molecule has 96 valence electrons. The van der Waals surface area contributed by atoms with Crippen LogP contribution in [0.15, 0.2) is 0 Å². The summed E-state index contributed by atoms with van der Waals surface area (Å²) in [7, 11) is 0. The van der Waals surface area contributed by atoms with E-state index < -0.39 is 0 Å². The average Bonchev–Trinajstić information content (AvgIpc) is 2.23. The Morgan fingerprint density at radius 2 is 1.59 bits per heavy atom. The number of hydrogen-bond acceptors (Lipinski definition) is 1. The van der Waals surface area contributed by atoms with E-state index >= 15 is 0 Å². The Morgan fingerprint density at radius 1 is 1.12 bits per heavy atom. The minimum absolute atomic E-state index is 0.125. The fraction of sp³-hybridized carbons (Fsp3) is 0.933. The Hall–Kier alpha value is -0.370. The second-order valence-corrected chi connectivity index (χ2v) is 7.30. The number of quaternary nitrogens is 1. The molecule has 4 aliphatic carbocycles. The summed E-state index contributed by atoms with van der Waals surface area (Å²) >= 11 is 0. The molecule has 0 aliphatic heterocycles. The van der Waals surface area contributed by atoms with Gasteiger partial charge in [-0.2, -0.15) is 0 Å². The highest BCUT2D eigenvalue weighted by Crippen LogP contribution is 2.60. The van der Waals surface area contributed by atoms with Crippen LogP contribution in [0.5, 0.6) is 0 Å². The molecule has 0 aromatic heterocycles. The maximum atomic E-state index is 12.6. The van der Waals surface area contributed by atoms with Crippen LogP contribution in [0, 0.1) is 23.2 Å². The molecule has 0 unspecified atom stereocenters. The van der Waals surface area contributed by atoms with E-state index in [1.807, 2.05) is 0 Å². The number of hydrogen-bond donors (Lipinski definition) is 1. The van der Waals surface area contributed by atoms with Crippen LogP contribution in [0.3, 0.4) is 0 Å². The fourth-order valence-electron chi connectivity index (χ4n) is 5.01. The molecule has 4 rings (SSSR count). The molecule has 2 heteroatoms. The quantitative estimate of drug-likeness (QED) is 0.792. The van der Waals surface area contributed by atoms with Crippen molar-refractivity contribution in [1.29, 1.82) is 0 Å². The highest BCUT2D eigenvalue weighted by atomic mass is 16.1. The molecule has 2 nitrogen and oxygen atoms in total.